The van der Waals surface area contributed by atoms with Crippen molar-refractivity contribution < 1.29 is 0 Å². The number of aromatic nitrogens is 3. The van der Waals surface area contributed by atoms with Gasteiger partial charge in [-0.15, -0.1) is 0 Å². The van der Waals surface area contributed by atoms with Crippen molar-refractivity contribution >= 4 is 28.7 Å². The van der Waals surface area contributed by atoms with E-state index in [9.17, 15) is 5.26 Å². The van der Waals surface area contributed by atoms with Crippen molar-refractivity contribution in [1.29, 1.82) is 5.26 Å². The molecule has 2 aromatic heterocycles. The molecular formula is C23H19ClN4. The molecule has 0 N–H and O–H groups in total. The Kier molecular flexibility index (Phi) is 4.77. The number of fused-ring (bicyclic) bond motifs is 1. The Balaban J connectivity index is 1.70. The fourth-order valence-electron chi connectivity index (χ4n) is 3.54. The summed E-state index contributed by atoms with van der Waals surface area (Å²) < 4.78 is 4.17. The van der Waals surface area contributed by atoms with Gasteiger partial charge < -0.3 is 9.13 Å². The lowest BCUT2D eigenvalue weighted by atomic mass is 10.1. The van der Waals surface area contributed by atoms with Crippen LogP contribution in [-0.2, 0) is 6.54 Å². The molecular weight excluding hydrogens is 368 g/mol. The smallest absolute Gasteiger partial charge is 0.0966 e. The number of benzene rings is 2. The number of aryl methyl sites for hydroxylation is 1. The zero-order chi connectivity index (χ0) is 19.7. The lowest BCUT2D eigenvalue weighted by Crippen LogP contribution is -2.00. The molecule has 2 aromatic carbocycles. The molecule has 0 aliphatic carbocycles. The molecule has 0 aliphatic rings. The second-order valence-corrected chi connectivity index (χ2v) is 7.22. The second kappa shape index (κ2) is 7.38. The summed E-state index contributed by atoms with van der Waals surface area (Å²) in [5.41, 5.74) is 6.92. The zero-order valence-electron chi connectivity index (χ0n) is 15.7. The highest BCUT2D eigenvalue weighted by Crippen LogP contribution is 2.24. The summed E-state index contributed by atoms with van der Waals surface area (Å²) in [4.78, 5) is 4.41. The van der Waals surface area contributed by atoms with E-state index in [1.165, 1.54) is 0 Å². The highest BCUT2D eigenvalue weighted by molar-refractivity contribution is 6.30. The van der Waals surface area contributed by atoms with E-state index < -0.39 is 0 Å². The molecule has 0 fully saturated rings. The first-order valence-electron chi connectivity index (χ1n) is 9.02. The van der Waals surface area contributed by atoms with E-state index in [2.05, 4.69) is 35.5 Å². The van der Waals surface area contributed by atoms with Gasteiger partial charge in [0.2, 0.25) is 0 Å². The Morgan fingerprint density at radius 2 is 1.89 bits per heavy atom. The predicted octanol–water partition coefficient (Wildman–Crippen LogP) is 5.70. The van der Waals surface area contributed by atoms with Crippen molar-refractivity contribution in [3.05, 3.63) is 88.5 Å². The Morgan fingerprint density at radius 3 is 2.64 bits per heavy atom. The fourth-order valence-corrected chi connectivity index (χ4v) is 3.67. The Labute approximate surface area is 168 Å². The topological polar surface area (TPSA) is 46.5 Å². The molecule has 2 heterocycles. The van der Waals surface area contributed by atoms with Crippen LogP contribution in [0.15, 0.2) is 66.5 Å². The maximum Gasteiger partial charge on any atom is 0.0966 e. The van der Waals surface area contributed by atoms with E-state index >= 15 is 0 Å². The number of allylic oxidation sites excluding steroid dienone is 1. The fraction of sp³-hybridized carbons (Fsp3) is 0.130. The molecule has 138 valence electrons. The van der Waals surface area contributed by atoms with Crippen LogP contribution in [0.2, 0.25) is 5.02 Å². The summed E-state index contributed by atoms with van der Waals surface area (Å²) >= 11 is 6.02. The number of para-hydroxylation sites is 2. The van der Waals surface area contributed by atoms with Gasteiger partial charge in [0, 0.05) is 27.7 Å². The third kappa shape index (κ3) is 3.33. The molecule has 0 aliphatic heterocycles. The minimum atomic E-state index is 0.488. The van der Waals surface area contributed by atoms with E-state index in [4.69, 9.17) is 11.6 Å². The van der Waals surface area contributed by atoms with Gasteiger partial charge in [-0.2, -0.15) is 5.26 Å². The molecule has 4 rings (SSSR count). The van der Waals surface area contributed by atoms with Crippen LogP contribution in [0.5, 0.6) is 0 Å². The van der Waals surface area contributed by atoms with Crippen LogP contribution in [0.25, 0.3) is 22.8 Å². The number of imidazole rings is 1. The lowest BCUT2D eigenvalue weighted by molar-refractivity contribution is 0.830. The average Bonchev–Trinajstić information content (AvgIpc) is 3.23. The number of nitrogens with zero attached hydrogens (tertiary/aromatic N) is 4. The third-order valence-electron chi connectivity index (χ3n) is 4.90. The normalized spacial score (nSPS) is 11.7. The summed E-state index contributed by atoms with van der Waals surface area (Å²) in [5.74, 6) is 0. The number of hydrogen-bond donors (Lipinski definition) is 0. The number of nitriles is 1. The van der Waals surface area contributed by atoms with Crippen molar-refractivity contribution in [2.75, 3.05) is 0 Å². The number of rotatable bonds is 4. The van der Waals surface area contributed by atoms with Gasteiger partial charge in [0.1, 0.15) is 0 Å². The van der Waals surface area contributed by atoms with E-state index in [0.29, 0.717) is 17.1 Å². The molecule has 28 heavy (non-hydrogen) atoms. The van der Waals surface area contributed by atoms with Crippen LogP contribution >= 0.6 is 11.6 Å². The first-order valence-corrected chi connectivity index (χ1v) is 9.40. The maximum absolute atomic E-state index is 9.70. The number of hydrogen-bond acceptors (Lipinski definition) is 2. The molecule has 0 bridgehead atoms. The molecule has 0 saturated carbocycles. The largest absolute Gasteiger partial charge is 0.325 e. The minimum Gasteiger partial charge on any atom is -0.325 e. The van der Waals surface area contributed by atoms with Gasteiger partial charge in [-0.1, -0.05) is 23.7 Å². The summed E-state index contributed by atoms with van der Waals surface area (Å²) in [6.07, 6.45) is 3.75. The Hall–Kier alpha value is -3.29. The summed E-state index contributed by atoms with van der Waals surface area (Å²) in [6, 6.07) is 20.2. The molecule has 0 saturated heterocycles. The molecule has 4 aromatic rings. The van der Waals surface area contributed by atoms with E-state index in [-0.39, 0.29) is 0 Å². The predicted molar refractivity (Wildman–Crippen MR) is 114 cm³/mol. The molecule has 0 amide bonds. The Morgan fingerprint density at radius 1 is 1.14 bits per heavy atom. The Bertz CT molecular complexity index is 1220. The molecule has 0 atom stereocenters. The molecule has 0 unspecified atom stereocenters. The maximum atomic E-state index is 9.70. The van der Waals surface area contributed by atoms with Crippen LogP contribution in [0.3, 0.4) is 0 Å². The SMILES string of the molecule is Cc1cc(/C=C(/C#N)Cn2cnc3ccccc32)c(C)n1-c1ccc(Cl)cc1. The average molecular weight is 387 g/mol. The highest BCUT2D eigenvalue weighted by atomic mass is 35.5. The van der Waals surface area contributed by atoms with Crippen LogP contribution in [0.4, 0.5) is 0 Å². The van der Waals surface area contributed by atoms with E-state index in [1.54, 1.807) is 6.33 Å². The highest BCUT2D eigenvalue weighted by Gasteiger charge is 2.11. The monoisotopic (exact) mass is 386 g/mol. The first kappa shape index (κ1) is 18.1. The van der Waals surface area contributed by atoms with Crippen molar-refractivity contribution in [3.63, 3.8) is 0 Å². The standard InChI is InChI=1S/C23H19ClN4/c1-16-11-19(17(2)28(16)21-9-7-20(24)8-10-21)12-18(13-25)14-27-15-26-22-5-3-4-6-23(22)27/h3-12,15H,14H2,1-2H3/b18-12-. The van der Waals surface area contributed by atoms with Crippen molar-refractivity contribution in [3.8, 4) is 11.8 Å². The van der Waals surface area contributed by atoms with E-state index in [0.717, 1.165) is 33.7 Å². The third-order valence-corrected chi connectivity index (χ3v) is 5.15. The minimum absolute atomic E-state index is 0.488. The molecule has 5 heteroatoms. The van der Waals surface area contributed by atoms with Gasteiger partial charge in [0.15, 0.2) is 0 Å². The van der Waals surface area contributed by atoms with Crippen LogP contribution in [0.1, 0.15) is 17.0 Å². The van der Waals surface area contributed by atoms with Gasteiger partial charge in [-0.05, 0) is 68.0 Å². The van der Waals surface area contributed by atoms with Gasteiger partial charge >= 0.3 is 0 Å². The molecule has 0 spiro atoms. The number of halogens is 1. The molecule has 4 nitrogen and oxygen atoms in total. The first-order chi connectivity index (χ1) is 13.6. The summed E-state index contributed by atoms with van der Waals surface area (Å²) in [7, 11) is 0. The van der Waals surface area contributed by atoms with Gasteiger partial charge in [-0.25, -0.2) is 4.98 Å². The second-order valence-electron chi connectivity index (χ2n) is 6.78. The zero-order valence-corrected chi connectivity index (χ0v) is 16.5. The van der Waals surface area contributed by atoms with Crippen molar-refractivity contribution in [1.82, 2.24) is 14.1 Å². The van der Waals surface area contributed by atoms with Gasteiger partial charge in [-0.3, -0.25) is 0 Å². The van der Waals surface area contributed by atoms with E-state index in [1.807, 2.05) is 59.2 Å². The molecule has 0 radical (unpaired) electrons. The van der Waals surface area contributed by atoms with Gasteiger partial charge in [0.05, 0.1) is 30.0 Å². The van der Waals surface area contributed by atoms with Crippen LogP contribution < -0.4 is 0 Å². The lowest BCUT2D eigenvalue weighted by Gasteiger charge is -2.09. The van der Waals surface area contributed by atoms with Crippen molar-refractivity contribution in [2.24, 2.45) is 0 Å². The van der Waals surface area contributed by atoms with Crippen LogP contribution in [0, 0.1) is 25.2 Å². The van der Waals surface area contributed by atoms with Crippen LogP contribution in [-0.4, -0.2) is 14.1 Å². The summed E-state index contributed by atoms with van der Waals surface area (Å²) in [6.45, 7) is 4.62. The summed E-state index contributed by atoms with van der Waals surface area (Å²) in [5, 5.41) is 10.4. The quantitative estimate of drug-likeness (QED) is 0.422. The van der Waals surface area contributed by atoms with Gasteiger partial charge in [0.25, 0.3) is 0 Å². The van der Waals surface area contributed by atoms with Crippen molar-refractivity contribution in [2.45, 2.75) is 20.4 Å².